The molecule has 3 heteroatoms. The van der Waals surface area contributed by atoms with Crippen molar-refractivity contribution in [2.45, 2.75) is 84.6 Å². The minimum absolute atomic E-state index is 0.773. The van der Waals surface area contributed by atoms with Gasteiger partial charge in [-0.3, -0.25) is 0 Å². The van der Waals surface area contributed by atoms with Gasteiger partial charge in [0, 0.05) is 13.2 Å². The summed E-state index contributed by atoms with van der Waals surface area (Å²) in [5, 5.41) is 0. The number of rotatable bonds is 9. The second-order valence-electron chi connectivity index (χ2n) is 6.47. The van der Waals surface area contributed by atoms with Crippen molar-refractivity contribution in [3.63, 3.8) is 0 Å². The summed E-state index contributed by atoms with van der Waals surface area (Å²) in [5.74, 6) is 1.77. The van der Waals surface area contributed by atoms with Crippen LogP contribution in [0, 0.1) is 11.8 Å². The molecule has 0 spiro atoms. The van der Waals surface area contributed by atoms with Gasteiger partial charge in [-0.25, -0.2) is 0 Å². The van der Waals surface area contributed by atoms with Crippen molar-refractivity contribution in [1.29, 1.82) is 0 Å². The lowest BCUT2D eigenvalue weighted by Crippen LogP contribution is -2.25. The standard InChI is InChI=1S/C17H36O2Si/c1-4-18-20(19-5-2)15-16(3)13-14-17-11-9-7-6-8-10-12-17/h16-17,20H,4-15H2,1-3H3. The summed E-state index contributed by atoms with van der Waals surface area (Å²) in [6.07, 6.45) is 13.1. The van der Waals surface area contributed by atoms with E-state index in [1.54, 1.807) is 0 Å². The van der Waals surface area contributed by atoms with Crippen LogP contribution in [0.4, 0.5) is 0 Å². The summed E-state index contributed by atoms with van der Waals surface area (Å²) in [6, 6.07) is 1.19. The highest BCUT2D eigenvalue weighted by atomic mass is 28.3. The Morgan fingerprint density at radius 1 is 0.950 bits per heavy atom. The highest BCUT2D eigenvalue weighted by molar-refractivity contribution is 6.44. The molecule has 2 nitrogen and oxygen atoms in total. The van der Waals surface area contributed by atoms with Gasteiger partial charge in [-0.05, 0) is 31.7 Å². The maximum atomic E-state index is 5.80. The van der Waals surface area contributed by atoms with E-state index >= 15 is 0 Å². The Morgan fingerprint density at radius 3 is 2.05 bits per heavy atom. The van der Waals surface area contributed by atoms with E-state index in [4.69, 9.17) is 8.85 Å². The molecule has 20 heavy (non-hydrogen) atoms. The van der Waals surface area contributed by atoms with Crippen LogP contribution in [-0.2, 0) is 8.85 Å². The molecule has 0 radical (unpaired) electrons. The molecule has 0 heterocycles. The Balaban J connectivity index is 2.20. The lowest BCUT2D eigenvalue weighted by molar-refractivity contribution is 0.207. The van der Waals surface area contributed by atoms with Gasteiger partial charge in [0.15, 0.2) is 0 Å². The summed E-state index contributed by atoms with van der Waals surface area (Å²) in [7, 11) is -1.38. The van der Waals surface area contributed by atoms with E-state index in [0.717, 1.165) is 25.0 Å². The first-order valence-electron chi connectivity index (χ1n) is 8.99. The van der Waals surface area contributed by atoms with Crippen LogP contribution in [0.15, 0.2) is 0 Å². The maximum Gasteiger partial charge on any atom is 0.321 e. The van der Waals surface area contributed by atoms with Crippen LogP contribution in [0.1, 0.15) is 78.6 Å². The third kappa shape index (κ3) is 8.43. The predicted molar refractivity (Wildman–Crippen MR) is 89.4 cm³/mol. The van der Waals surface area contributed by atoms with Gasteiger partial charge in [0.25, 0.3) is 0 Å². The smallest absolute Gasteiger partial charge is 0.321 e. The first-order chi connectivity index (χ1) is 9.76. The Labute approximate surface area is 128 Å². The van der Waals surface area contributed by atoms with Crippen molar-refractivity contribution < 1.29 is 8.85 Å². The van der Waals surface area contributed by atoms with Crippen LogP contribution in [0.3, 0.4) is 0 Å². The predicted octanol–water partition coefficient (Wildman–Crippen LogP) is 5.06. The van der Waals surface area contributed by atoms with E-state index in [-0.39, 0.29) is 0 Å². The summed E-state index contributed by atoms with van der Waals surface area (Å²) in [6.45, 7) is 8.18. The van der Waals surface area contributed by atoms with Crippen LogP contribution in [0.25, 0.3) is 0 Å². The van der Waals surface area contributed by atoms with Gasteiger partial charge in [0.05, 0.1) is 0 Å². The van der Waals surface area contributed by atoms with E-state index in [9.17, 15) is 0 Å². The Hall–Kier alpha value is 0.137. The molecule has 0 amide bonds. The lowest BCUT2D eigenvalue weighted by atomic mass is 9.86. The van der Waals surface area contributed by atoms with Gasteiger partial charge in [-0.2, -0.15) is 0 Å². The molecule has 0 N–H and O–H groups in total. The summed E-state index contributed by atoms with van der Waals surface area (Å²) in [5.41, 5.74) is 0. The molecule has 1 atom stereocenters. The normalized spacial score (nSPS) is 19.8. The van der Waals surface area contributed by atoms with Gasteiger partial charge < -0.3 is 8.85 Å². The van der Waals surface area contributed by atoms with Crippen LogP contribution in [0.2, 0.25) is 6.04 Å². The van der Waals surface area contributed by atoms with Crippen molar-refractivity contribution >= 4 is 9.28 Å². The molecule has 0 bridgehead atoms. The monoisotopic (exact) mass is 300 g/mol. The highest BCUT2D eigenvalue weighted by Gasteiger charge is 2.18. The third-order valence-corrected chi connectivity index (χ3v) is 7.19. The van der Waals surface area contributed by atoms with Crippen LogP contribution >= 0.6 is 0 Å². The summed E-state index contributed by atoms with van der Waals surface area (Å²) < 4.78 is 11.6. The summed E-state index contributed by atoms with van der Waals surface area (Å²) in [4.78, 5) is 0. The third-order valence-electron chi connectivity index (χ3n) is 4.59. The van der Waals surface area contributed by atoms with Crippen LogP contribution < -0.4 is 0 Å². The van der Waals surface area contributed by atoms with E-state index < -0.39 is 9.28 Å². The Kier molecular flexibility index (Phi) is 10.7. The zero-order chi connectivity index (χ0) is 14.6. The molecule has 0 saturated heterocycles. The molecule has 0 aromatic heterocycles. The maximum absolute atomic E-state index is 5.80. The number of hydrogen-bond acceptors (Lipinski definition) is 2. The van der Waals surface area contributed by atoms with E-state index in [2.05, 4.69) is 20.8 Å². The van der Waals surface area contributed by atoms with Crippen molar-refractivity contribution in [3.8, 4) is 0 Å². The first-order valence-corrected chi connectivity index (χ1v) is 10.7. The molecule has 1 unspecified atom stereocenters. The molecular weight excluding hydrogens is 264 g/mol. The largest absolute Gasteiger partial charge is 0.397 e. The molecule has 0 aromatic carbocycles. The van der Waals surface area contributed by atoms with Crippen molar-refractivity contribution in [3.05, 3.63) is 0 Å². The molecule has 120 valence electrons. The highest BCUT2D eigenvalue weighted by Crippen LogP contribution is 2.28. The quantitative estimate of drug-likeness (QED) is 0.554. The van der Waals surface area contributed by atoms with E-state index in [1.165, 1.54) is 63.8 Å². The van der Waals surface area contributed by atoms with E-state index in [1.807, 2.05) is 0 Å². The SMILES string of the molecule is CCO[SiH](CC(C)CCC1CCCCCCC1)OCC. The van der Waals surface area contributed by atoms with Crippen LogP contribution in [-0.4, -0.2) is 22.5 Å². The lowest BCUT2D eigenvalue weighted by Gasteiger charge is -2.23. The van der Waals surface area contributed by atoms with Crippen molar-refractivity contribution in [2.75, 3.05) is 13.2 Å². The van der Waals surface area contributed by atoms with Gasteiger partial charge in [-0.1, -0.05) is 64.7 Å². The van der Waals surface area contributed by atoms with Gasteiger partial charge >= 0.3 is 9.28 Å². The topological polar surface area (TPSA) is 18.5 Å². The Morgan fingerprint density at radius 2 is 1.50 bits per heavy atom. The van der Waals surface area contributed by atoms with E-state index in [0.29, 0.717) is 0 Å². The van der Waals surface area contributed by atoms with Crippen molar-refractivity contribution in [2.24, 2.45) is 11.8 Å². The molecule has 1 rings (SSSR count). The summed E-state index contributed by atoms with van der Waals surface area (Å²) >= 11 is 0. The molecule has 1 aliphatic carbocycles. The molecular formula is C17H36O2Si. The molecule has 1 aliphatic rings. The van der Waals surface area contributed by atoms with Gasteiger partial charge in [0.2, 0.25) is 0 Å². The molecule has 1 saturated carbocycles. The Bertz CT molecular complexity index is 209. The fourth-order valence-corrected chi connectivity index (χ4v) is 5.36. The fraction of sp³-hybridized carbons (Fsp3) is 1.00. The second kappa shape index (κ2) is 11.8. The average Bonchev–Trinajstić information content (AvgIpc) is 2.38. The second-order valence-corrected chi connectivity index (χ2v) is 8.47. The van der Waals surface area contributed by atoms with Crippen LogP contribution in [0.5, 0.6) is 0 Å². The molecule has 0 aromatic rings. The van der Waals surface area contributed by atoms with Gasteiger partial charge in [-0.15, -0.1) is 0 Å². The average molecular weight is 301 g/mol. The zero-order valence-corrected chi connectivity index (χ0v) is 15.2. The zero-order valence-electron chi connectivity index (χ0n) is 14.0. The molecule has 1 fully saturated rings. The first kappa shape index (κ1) is 18.2. The molecule has 0 aliphatic heterocycles. The fourth-order valence-electron chi connectivity index (χ4n) is 3.35. The van der Waals surface area contributed by atoms with Gasteiger partial charge in [0.1, 0.15) is 0 Å². The number of hydrogen-bond donors (Lipinski definition) is 0. The minimum Gasteiger partial charge on any atom is -0.397 e. The van der Waals surface area contributed by atoms with Crippen molar-refractivity contribution in [1.82, 2.24) is 0 Å². The minimum atomic E-state index is -1.38.